The van der Waals surface area contributed by atoms with Crippen LogP contribution in [-0.4, -0.2) is 5.78 Å². The summed E-state index contributed by atoms with van der Waals surface area (Å²) < 4.78 is 0. The zero-order valence-corrected chi connectivity index (χ0v) is 16.1. The zero-order valence-electron chi connectivity index (χ0n) is 16.1. The predicted molar refractivity (Wildman–Crippen MR) is 117 cm³/mol. The molecule has 3 aromatic carbocycles. The van der Waals surface area contributed by atoms with Gasteiger partial charge in [-0.3, -0.25) is 4.79 Å². The molecule has 0 N–H and O–H groups in total. The molecule has 0 fully saturated rings. The van der Waals surface area contributed by atoms with Crippen LogP contribution in [0.1, 0.15) is 29.5 Å². The number of carbonyl (C=O) groups excluding carboxylic acids is 1. The molecule has 1 nitrogen and oxygen atoms in total. The molecule has 1 heteroatoms. The minimum atomic E-state index is -0.875. The van der Waals surface area contributed by atoms with Crippen molar-refractivity contribution in [3.63, 3.8) is 0 Å². The highest BCUT2D eigenvalue weighted by atomic mass is 16.1. The number of allylic oxidation sites excluding steroid dienone is 2. The average Bonchev–Trinajstić information content (AvgIpc) is 2.76. The topological polar surface area (TPSA) is 17.1 Å². The van der Waals surface area contributed by atoms with Gasteiger partial charge < -0.3 is 0 Å². The van der Waals surface area contributed by atoms with Crippen molar-refractivity contribution in [1.82, 2.24) is 0 Å². The smallest absolute Gasteiger partial charge is 0.155 e. The van der Waals surface area contributed by atoms with Crippen LogP contribution in [0.25, 0.3) is 0 Å². The van der Waals surface area contributed by atoms with Gasteiger partial charge in [0, 0.05) is 5.92 Å². The lowest BCUT2D eigenvalue weighted by Gasteiger charge is -2.37. The highest BCUT2D eigenvalue weighted by molar-refractivity contribution is 5.99. The second-order valence-corrected chi connectivity index (χ2v) is 6.96. The van der Waals surface area contributed by atoms with Gasteiger partial charge in [0.05, 0.1) is 0 Å². The third kappa shape index (κ3) is 3.61. The van der Waals surface area contributed by atoms with Gasteiger partial charge in [-0.2, -0.15) is 0 Å². The van der Waals surface area contributed by atoms with E-state index in [1.807, 2.05) is 66.7 Å². The Morgan fingerprint density at radius 1 is 0.679 bits per heavy atom. The maximum atomic E-state index is 14.3. The van der Waals surface area contributed by atoms with Gasteiger partial charge in [0.25, 0.3) is 0 Å². The Kier molecular flexibility index (Phi) is 6.39. The van der Waals surface area contributed by atoms with Gasteiger partial charge in [-0.25, -0.2) is 0 Å². The molecule has 0 heterocycles. The quantitative estimate of drug-likeness (QED) is 0.318. The van der Waals surface area contributed by atoms with Crippen LogP contribution in [0.15, 0.2) is 116 Å². The van der Waals surface area contributed by atoms with Crippen molar-refractivity contribution in [1.29, 1.82) is 0 Å². The van der Waals surface area contributed by atoms with Crippen LogP contribution in [0.2, 0.25) is 0 Å². The minimum absolute atomic E-state index is 0.177. The van der Waals surface area contributed by atoms with Gasteiger partial charge in [0.15, 0.2) is 5.78 Å². The van der Waals surface area contributed by atoms with Crippen LogP contribution in [0.3, 0.4) is 0 Å². The summed E-state index contributed by atoms with van der Waals surface area (Å²) >= 11 is 0. The Balaban J connectivity index is 2.35. The van der Waals surface area contributed by atoms with Crippen molar-refractivity contribution in [2.75, 3.05) is 0 Å². The Morgan fingerprint density at radius 3 is 1.29 bits per heavy atom. The third-order valence-electron chi connectivity index (χ3n) is 5.26. The van der Waals surface area contributed by atoms with Crippen molar-refractivity contribution in [2.45, 2.75) is 18.3 Å². The van der Waals surface area contributed by atoms with Crippen LogP contribution in [0.5, 0.6) is 0 Å². The molecule has 0 saturated heterocycles. The molecule has 0 bridgehead atoms. The van der Waals surface area contributed by atoms with E-state index in [4.69, 9.17) is 0 Å². The lowest BCUT2D eigenvalue weighted by molar-refractivity contribution is -0.125. The SMILES string of the molecule is C=CCC(CC=C)C(=O)C(c1ccccc1)(c1ccccc1)c1ccccc1. The fourth-order valence-electron chi connectivity index (χ4n) is 4.01. The second-order valence-electron chi connectivity index (χ2n) is 6.96. The number of hydrogen-bond acceptors (Lipinski definition) is 1. The van der Waals surface area contributed by atoms with Gasteiger partial charge in [0.1, 0.15) is 5.41 Å². The van der Waals surface area contributed by atoms with Crippen LogP contribution < -0.4 is 0 Å². The predicted octanol–water partition coefficient (Wildman–Crippen LogP) is 6.36. The lowest BCUT2D eigenvalue weighted by atomic mass is 9.63. The van der Waals surface area contributed by atoms with Crippen LogP contribution in [-0.2, 0) is 10.2 Å². The molecule has 0 atom stereocenters. The number of Topliss-reactive ketones (excluding diaryl/α,β-unsaturated/α-hetero) is 1. The molecule has 3 rings (SSSR count). The Morgan fingerprint density at radius 2 is 1.00 bits per heavy atom. The average molecular weight is 367 g/mol. The maximum Gasteiger partial charge on any atom is 0.155 e. The zero-order chi connectivity index (χ0) is 19.8. The highest BCUT2D eigenvalue weighted by Crippen LogP contribution is 2.43. The summed E-state index contributed by atoms with van der Waals surface area (Å²) in [5.41, 5.74) is 2.07. The van der Waals surface area contributed by atoms with Gasteiger partial charge in [-0.15, -0.1) is 13.2 Å². The van der Waals surface area contributed by atoms with E-state index in [0.29, 0.717) is 12.8 Å². The van der Waals surface area contributed by atoms with Gasteiger partial charge >= 0.3 is 0 Å². The van der Waals surface area contributed by atoms with E-state index in [-0.39, 0.29) is 11.7 Å². The summed E-state index contributed by atoms with van der Waals surface area (Å²) in [7, 11) is 0. The fraction of sp³-hybridized carbons (Fsp3) is 0.148. The summed E-state index contributed by atoms with van der Waals surface area (Å²) in [6.45, 7) is 7.76. The molecule has 3 aromatic rings. The monoisotopic (exact) mass is 366 g/mol. The first-order chi connectivity index (χ1) is 13.7. The number of rotatable bonds is 9. The molecule has 0 unspecified atom stereocenters. The standard InChI is InChI=1S/C27H26O/c1-3-14-22(15-4-2)26(28)27(23-16-8-5-9-17-23,24-18-10-6-11-19-24)25-20-12-7-13-21-25/h3-13,16-22H,1-2,14-15H2. The number of hydrogen-bond donors (Lipinski definition) is 0. The van der Waals surface area contributed by atoms with Crippen molar-refractivity contribution in [3.05, 3.63) is 133 Å². The Bertz CT molecular complexity index is 804. The lowest BCUT2D eigenvalue weighted by Crippen LogP contribution is -2.42. The van der Waals surface area contributed by atoms with Gasteiger partial charge in [-0.1, -0.05) is 103 Å². The normalized spacial score (nSPS) is 11.2. The van der Waals surface area contributed by atoms with Crippen molar-refractivity contribution in [2.24, 2.45) is 5.92 Å². The van der Waals surface area contributed by atoms with E-state index >= 15 is 0 Å². The van der Waals surface area contributed by atoms with Crippen LogP contribution in [0, 0.1) is 5.92 Å². The molecule has 0 saturated carbocycles. The molecule has 0 aliphatic carbocycles. The Hall–Kier alpha value is -3.19. The molecule has 0 amide bonds. The number of benzene rings is 3. The molecule has 0 aromatic heterocycles. The van der Waals surface area contributed by atoms with Crippen molar-refractivity contribution in [3.8, 4) is 0 Å². The molecule has 0 aliphatic rings. The molecule has 140 valence electrons. The van der Waals surface area contributed by atoms with Gasteiger partial charge in [-0.05, 0) is 29.5 Å². The minimum Gasteiger partial charge on any atom is -0.298 e. The van der Waals surface area contributed by atoms with E-state index in [9.17, 15) is 4.79 Å². The van der Waals surface area contributed by atoms with Crippen LogP contribution in [0.4, 0.5) is 0 Å². The molecule has 0 radical (unpaired) electrons. The van der Waals surface area contributed by atoms with E-state index < -0.39 is 5.41 Å². The van der Waals surface area contributed by atoms with Crippen molar-refractivity contribution < 1.29 is 4.79 Å². The highest BCUT2D eigenvalue weighted by Gasteiger charge is 2.45. The maximum absolute atomic E-state index is 14.3. The molecule has 0 spiro atoms. The second kappa shape index (κ2) is 9.14. The van der Waals surface area contributed by atoms with E-state index in [0.717, 1.165) is 16.7 Å². The summed E-state index contributed by atoms with van der Waals surface area (Å²) in [6.07, 6.45) is 4.91. The van der Waals surface area contributed by atoms with E-state index in [2.05, 4.69) is 49.6 Å². The molecule has 0 aliphatic heterocycles. The van der Waals surface area contributed by atoms with Crippen molar-refractivity contribution >= 4 is 5.78 Å². The van der Waals surface area contributed by atoms with Gasteiger partial charge in [0.2, 0.25) is 0 Å². The summed E-state index contributed by atoms with van der Waals surface area (Å²) in [4.78, 5) is 14.3. The summed E-state index contributed by atoms with van der Waals surface area (Å²) in [6, 6.07) is 30.3. The molecular formula is C27H26O. The van der Waals surface area contributed by atoms with E-state index in [1.54, 1.807) is 0 Å². The van der Waals surface area contributed by atoms with Crippen LogP contribution >= 0.6 is 0 Å². The molecule has 28 heavy (non-hydrogen) atoms. The first kappa shape index (κ1) is 19.6. The number of carbonyl (C=O) groups is 1. The van der Waals surface area contributed by atoms with E-state index in [1.165, 1.54) is 0 Å². The Labute approximate surface area is 168 Å². The number of ketones is 1. The largest absolute Gasteiger partial charge is 0.298 e. The third-order valence-corrected chi connectivity index (χ3v) is 5.26. The fourth-order valence-corrected chi connectivity index (χ4v) is 4.01. The first-order valence-corrected chi connectivity index (χ1v) is 9.67. The summed E-state index contributed by atoms with van der Waals surface area (Å²) in [5.74, 6) is -0.00785. The molecular weight excluding hydrogens is 340 g/mol. The first-order valence-electron chi connectivity index (χ1n) is 9.67. The summed E-state index contributed by atoms with van der Waals surface area (Å²) in [5, 5.41) is 0.